The number of amides is 1. The number of carbonyl (C=O) groups excluding carboxylic acids is 1. The molecule has 0 spiro atoms. The number of phenolic OH excluding ortho intramolecular Hbond substituents is 1. The van der Waals surface area contributed by atoms with Gasteiger partial charge in [-0.2, -0.15) is 0 Å². The minimum atomic E-state index is 0.329. The van der Waals surface area contributed by atoms with Crippen LogP contribution in [0.1, 0.15) is 37.7 Å². The number of rotatable bonds is 4. The first-order chi connectivity index (χ1) is 10.7. The molecule has 0 radical (unpaired) electrons. The molecule has 2 saturated heterocycles. The SMILES string of the molecule is O=C1CCCCN1C1CCN(CCc2ccc(O)cc2)CC1. The smallest absolute Gasteiger partial charge is 0.222 e. The van der Waals surface area contributed by atoms with Crippen molar-refractivity contribution in [1.82, 2.24) is 9.80 Å². The summed E-state index contributed by atoms with van der Waals surface area (Å²) in [6.45, 7) is 4.21. The second-order valence-corrected chi connectivity index (χ2v) is 6.53. The van der Waals surface area contributed by atoms with Crippen LogP contribution in [0.5, 0.6) is 5.75 Å². The highest BCUT2D eigenvalue weighted by Gasteiger charge is 2.29. The molecule has 3 rings (SSSR count). The van der Waals surface area contributed by atoms with Gasteiger partial charge in [-0.15, -0.1) is 0 Å². The zero-order chi connectivity index (χ0) is 15.4. The summed E-state index contributed by atoms with van der Waals surface area (Å²) >= 11 is 0. The van der Waals surface area contributed by atoms with Gasteiger partial charge in [0.05, 0.1) is 0 Å². The maximum atomic E-state index is 12.0. The van der Waals surface area contributed by atoms with E-state index in [1.54, 1.807) is 12.1 Å². The van der Waals surface area contributed by atoms with Crippen LogP contribution < -0.4 is 0 Å². The maximum Gasteiger partial charge on any atom is 0.222 e. The van der Waals surface area contributed by atoms with E-state index >= 15 is 0 Å². The van der Waals surface area contributed by atoms with Gasteiger partial charge in [0.15, 0.2) is 0 Å². The Bertz CT molecular complexity index is 492. The van der Waals surface area contributed by atoms with Gasteiger partial charge in [0.25, 0.3) is 0 Å². The molecule has 2 heterocycles. The van der Waals surface area contributed by atoms with E-state index in [9.17, 15) is 9.90 Å². The van der Waals surface area contributed by atoms with Crippen molar-refractivity contribution in [2.45, 2.75) is 44.6 Å². The zero-order valence-electron chi connectivity index (χ0n) is 13.2. The molecule has 1 N–H and O–H groups in total. The minimum absolute atomic E-state index is 0.329. The number of phenols is 1. The van der Waals surface area contributed by atoms with Crippen LogP contribution in [0.4, 0.5) is 0 Å². The Balaban J connectivity index is 1.43. The highest BCUT2D eigenvalue weighted by molar-refractivity contribution is 5.77. The van der Waals surface area contributed by atoms with Gasteiger partial charge in [-0.25, -0.2) is 0 Å². The van der Waals surface area contributed by atoms with Crippen LogP contribution in [0.25, 0.3) is 0 Å². The Morgan fingerprint density at radius 3 is 2.45 bits per heavy atom. The largest absolute Gasteiger partial charge is 0.508 e. The van der Waals surface area contributed by atoms with Gasteiger partial charge in [0.1, 0.15) is 5.75 Å². The number of benzene rings is 1. The van der Waals surface area contributed by atoms with E-state index in [4.69, 9.17) is 0 Å². The molecule has 0 aliphatic carbocycles. The first kappa shape index (κ1) is 15.3. The molecule has 4 heteroatoms. The minimum Gasteiger partial charge on any atom is -0.508 e. The average Bonchev–Trinajstić information content (AvgIpc) is 2.55. The summed E-state index contributed by atoms with van der Waals surface area (Å²) in [5, 5.41) is 9.31. The Morgan fingerprint density at radius 2 is 1.77 bits per heavy atom. The molecule has 22 heavy (non-hydrogen) atoms. The third-order valence-corrected chi connectivity index (χ3v) is 5.01. The van der Waals surface area contributed by atoms with Gasteiger partial charge in [-0.05, 0) is 49.8 Å². The molecule has 0 saturated carbocycles. The molecular formula is C18H26N2O2. The second kappa shape index (κ2) is 7.14. The lowest BCUT2D eigenvalue weighted by atomic mass is 9.99. The quantitative estimate of drug-likeness (QED) is 0.929. The molecule has 1 amide bonds. The van der Waals surface area contributed by atoms with Crippen LogP contribution in [0.15, 0.2) is 24.3 Å². The summed E-state index contributed by atoms with van der Waals surface area (Å²) in [4.78, 5) is 16.6. The van der Waals surface area contributed by atoms with Crippen molar-refractivity contribution >= 4 is 5.91 Å². The zero-order valence-corrected chi connectivity index (χ0v) is 13.2. The lowest BCUT2D eigenvalue weighted by Gasteiger charge is -2.40. The van der Waals surface area contributed by atoms with Crippen molar-refractivity contribution in [3.05, 3.63) is 29.8 Å². The first-order valence-electron chi connectivity index (χ1n) is 8.52. The third kappa shape index (κ3) is 3.80. The van der Waals surface area contributed by atoms with E-state index in [1.807, 2.05) is 12.1 Å². The Labute approximate surface area is 132 Å². The third-order valence-electron chi connectivity index (χ3n) is 5.01. The number of hydrogen-bond acceptors (Lipinski definition) is 3. The van der Waals surface area contributed by atoms with Crippen molar-refractivity contribution in [2.75, 3.05) is 26.2 Å². The van der Waals surface area contributed by atoms with E-state index in [-0.39, 0.29) is 0 Å². The predicted molar refractivity (Wildman–Crippen MR) is 86.8 cm³/mol. The fraction of sp³-hybridized carbons (Fsp3) is 0.611. The summed E-state index contributed by atoms with van der Waals surface area (Å²) in [5.74, 6) is 0.699. The van der Waals surface area contributed by atoms with Gasteiger partial charge < -0.3 is 14.9 Å². The molecule has 1 aromatic rings. The van der Waals surface area contributed by atoms with Gasteiger partial charge >= 0.3 is 0 Å². The van der Waals surface area contributed by atoms with E-state index < -0.39 is 0 Å². The summed E-state index contributed by atoms with van der Waals surface area (Å²) in [5.41, 5.74) is 1.27. The predicted octanol–water partition coefficient (Wildman–Crippen LogP) is 2.41. The number of hydrogen-bond donors (Lipinski definition) is 1. The fourth-order valence-corrected chi connectivity index (χ4v) is 3.62. The number of nitrogens with zero attached hydrogens (tertiary/aromatic N) is 2. The number of piperidine rings is 2. The molecule has 2 aliphatic heterocycles. The summed E-state index contributed by atoms with van der Waals surface area (Å²) in [6, 6.07) is 7.97. The summed E-state index contributed by atoms with van der Waals surface area (Å²) in [7, 11) is 0. The van der Waals surface area contributed by atoms with E-state index in [2.05, 4.69) is 9.80 Å². The molecule has 0 bridgehead atoms. The van der Waals surface area contributed by atoms with Crippen molar-refractivity contribution < 1.29 is 9.90 Å². The molecule has 2 aliphatic rings. The Hall–Kier alpha value is -1.55. The first-order valence-corrected chi connectivity index (χ1v) is 8.52. The van der Waals surface area contributed by atoms with E-state index in [0.29, 0.717) is 17.7 Å². The second-order valence-electron chi connectivity index (χ2n) is 6.53. The molecule has 4 nitrogen and oxygen atoms in total. The molecule has 1 aromatic carbocycles. The fourth-order valence-electron chi connectivity index (χ4n) is 3.62. The molecule has 0 atom stereocenters. The molecule has 120 valence electrons. The van der Waals surface area contributed by atoms with Crippen LogP contribution in [-0.2, 0) is 11.2 Å². The van der Waals surface area contributed by atoms with Crippen LogP contribution in [0.3, 0.4) is 0 Å². The van der Waals surface area contributed by atoms with E-state index in [1.165, 1.54) is 12.0 Å². The van der Waals surface area contributed by atoms with Crippen LogP contribution in [-0.4, -0.2) is 53.0 Å². The topological polar surface area (TPSA) is 43.8 Å². The Kier molecular flexibility index (Phi) is 4.98. The normalized spacial score (nSPS) is 21.3. The summed E-state index contributed by atoms with van der Waals surface area (Å²) < 4.78 is 0. The maximum absolute atomic E-state index is 12.0. The van der Waals surface area contributed by atoms with Crippen LogP contribution in [0, 0.1) is 0 Å². The molecule has 0 unspecified atom stereocenters. The standard InChI is InChI=1S/C18H26N2O2/c21-17-6-4-15(5-7-17)8-12-19-13-9-16(10-14-19)20-11-2-1-3-18(20)22/h4-7,16,21H,1-3,8-14H2. The highest BCUT2D eigenvalue weighted by atomic mass is 16.3. The number of carbonyl (C=O) groups is 1. The molecular weight excluding hydrogens is 276 g/mol. The van der Waals surface area contributed by atoms with Crippen molar-refractivity contribution in [3.8, 4) is 5.75 Å². The number of likely N-dealkylation sites (tertiary alicyclic amines) is 2. The van der Waals surface area contributed by atoms with Gasteiger partial charge in [-0.1, -0.05) is 12.1 Å². The molecule has 2 fully saturated rings. The van der Waals surface area contributed by atoms with Crippen molar-refractivity contribution in [1.29, 1.82) is 0 Å². The highest BCUT2D eigenvalue weighted by Crippen LogP contribution is 2.22. The van der Waals surface area contributed by atoms with Crippen molar-refractivity contribution in [3.63, 3.8) is 0 Å². The molecule has 0 aromatic heterocycles. The van der Waals surface area contributed by atoms with Crippen LogP contribution in [0.2, 0.25) is 0 Å². The van der Waals surface area contributed by atoms with Gasteiger partial charge in [-0.3, -0.25) is 4.79 Å². The lowest BCUT2D eigenvalue weighted by molar-refractivity contribution is -0.136. The van der Waals surface area contributed by atoms with Crippen LogP contribution >= 0.6 is 0 Å². The van der Waals surface area contributed by atoms with Crippen molar-refractivity contribution in [2.24, 2.45) is 0 Å². The van der Waals surface area contributed by atoms with E-state index in [0.717, 1.165) is 58.3 Å². The number of aromatic hydroxyl groups is 1. The monoisotopic (exact) mass is 302 g/mol. The summed E-state index contributed by atoms with van der Waals surface area (Å²) in [6.07, 6.45) is 6.24. The van der Waals surface area contributed by atoms with Gasteiger partial charge in [0, 0.05) is 38.6 Å². The average molecular weight is 302 g/mol. The Morgan fingerprint density at radius 1 is 1.05 bits per heavy atom. The lowest BCUT2D eigenvalue weighted by Crippen LogP contribution is -2.49. The van der Waals surface area contributed by atoms with Gasteiger partial charge in [0.2, 0.25) is 5.91 Å².